The van der Waals surface area contributed by atoms with Gasteiger partial charge in [0.05, 0.1) is 13.0 Å². The Hall–Kier alpha value is -2.89. The van der Waals surface area contributed by atoms with Gasteiger partial charge in [-0.3, -0.25) is 4.79 Å². The molecule has 1 unspecified atom stereocenters. The summed E-state index contributed by atoms with van der Waals surface area (Å²) in [4.78, 5) is 12.6. The lowest BCUT2D eigenvalue weighted by Crippen LogP contribution is -2.60. The highest BCUT2D eigenvalue weighted by molar-refractivity contribution is 6.02. The summed E-state index contributed by atoms with van der Waals surface area (Å²) in [5.74, 6) is -0.657. The molecule has 10 heteroatoms. The van der Waals surface area contributed by atoms with E-state index in [4.69, 9.17) is 14.2 Å². The Balaban J connectivity index is 1.59. The van der Waals surface area contributed by atoms with Crippen LogP contribution in [-0.4, -0.2) is 73.7 Å². The third kappa shape index (κ3) is 4.03. The van der Waals surface area contributed by atoms with Crippen molar-refractivity contribution >= 4 is 5.78 Å². The van der Waals surface area contributed by atoms with E-state index in [0.717, 1.165) is 6.07 Å². The third-order valence-electron chi connectivity index (χ3n) is 5.34. The van der Waals surface area contributed by atoms with E-state index in [0.29, 0.717) is 5.56 Å². The fourth-order valence-electron chi connectivity index (χ4n) is 3.66. The molecular formula is C21H22O10. The van der Waals surface area contributed by atoms with Crippen molar-refractivity contribution in [2.24, 2.45) is 0 Å². The summed E-state index contributed by atoms with van der Waals surface area (Å²) in [6, 6.07) is 8.64. The first-order valence-electron chi connectivity index (χ1n) is 9.61. The fraction of sp³-hybridized carbons (Fsp3) is 0.381. The molecule has 4 rings (SSSR count). The molecule has 2 aromatic carbocycles. The Morgan fingerprint density at radius 2 is 1.71 bits per heavy atom. The SMILES string of the molecule is O=C1CC(c2ccc(O)cc2)Oc2cc(O[C@H]3O[C@H](CO)[C@@H](O)[C@H](O)[C@H]3O)cc(O)c21. The van der Waals surface area contributed by atoms with Crippen LogP contribution in [0.25, 0.3) is 0 Å². The second kappa shape index (κ2) is 8.33. The summed E-state index contributed by atoms with van der Waals surface area (Å²) in [7, 11) is 0. The molecule has 0 bridgehead atoms. The van der Waals surface area contributed by atoms with Crippen molar-refractivity contribution in [1.29, 1.82) is 0 Å². The van der Waals surface area contributed by atoms with Gasteiger partial charge in [0, 0.05) is 12.1 Å². The molecule has 0 aliphatic carbocycles. The van der Waals surface area contributed by atoms with Gasteiger partial charge in [-0.2, -0.15) is 0 Å². The highest BCUT2D eigenvalue weighted by atomic mass is 16.7. The molecule has 2 heterocycles. The minimum absolute atomic E-state index is 0.0156. The number of aromatic hydroxyl groups is 2. The van der Waals surface area contributed by atoms with Crippen LogP contribution >= 0.6 is 0 Å². The Labute approximate surface area is 176 Å². The number of aliphatic hydroxyl groups excluding tert-OH is 4. The quantitative estimate of drug-likeness (QED) is 0.385. The van der Waals surface area contributed by atoms with Crippen molar-refractivity contribution in [2.75, 3.05) is 6.61 Å². The van der Waals surface area contributed by atoms with Crippen molar-refractivity contribution < 1.29 is 49.6 Å². The summed E-state index contributed by atoms with van der Waals surface area (Å²) in [5, 5.41) is 59.0. The second-order valence-electron chi connectivity index (χ2n) is 7.46. The van der Waals surface area contributed by atoms with Crippen LogP contribution in [0.5, 0.6) is 23.0 Å². The lowest BCUT2D eigenvalue weighted by molar-refractivity contribution is -0.277. The van der Waals surface area contributed by atoms with Crippen molar-refractivity contribution in [1.82, 2.24) is 0 Å². The number of hydrogen-bond donors (Lipinski definition) is 6. The maximum atomic E-state index is 12.6. The van der Waals surface area contributed by atoms with Gasteiger partial charge in [0.2, 0.25) is 6.29 Å². The molecule has 2 aliphatic rings. The molecule has 6 N–H and O–H groups in total. The average molecular weight is 434 g/mol. The number of carbonyl (C=O) groups excluding carboxylic acids is 1. The maximum absolute atomic E-state index is 12.6. The maximum Gasteiger partial charge on any atom is 0.229 e. The van der Waals surface area contributed by atoms with E-state index in [2.05, 4.69) is 0 Å². The van der Waals surface area contributed by atoms with Crippen LogP contribution in [0, 0.1) is 0 Å². The highest BCUT2D eigenvalue weighted by Gasteiger charge is 2.45. The van der Waals surface area contributed by atoms with Crippen molar-refractivity contribution in [3.63, 3.8) is 0 Å². The number of hydrogen-bond acceptors (Lipinski definition) is 10. The van der Waals surface area contributed by atoms with Gasteiger partial charge in [-0.15, -0.1) is 0 Å². The number of ether oxygens (including phenoxy) is 3. The molecule has 1 saturated heterocycles. The number of carbonyl (C=O) groups is 1. The minimum atomic E-state index is -1.64. The molecule has 0 spiro atoms. The molecule has 31 heavy (non-hydrogen) atoms. The van der Waals surface area contributed by atoms with Gasteiger partial charge >= 0.3 is 0 Å². The molecule has 0 radical (unpaired) electrons. The van der Waals surface area contributed by atoms with Gasteiger partial charge < -0.3 is 44.8 Å². The van der Waals surface area contributed by atoms with Crippen LogP contribution in [0.1, 0.15) is 28.4 Å². The molecule has 2 aliphatic heterocycles. The standard InChI is InChI=1S/C21H22O10/c22-8-16-18(26)19(27)20(28)21(31-16)29-11-5-12(24)17-13(25)7-14(30-15(17)6-11)9-1-3-10(23)4-2-9/h1-6,14,16,18-24,26-28H,7-8H2/t14?,16-,18-,19+,20-,21+/m1/s1. The molecule has 0 aromatic heterocycles. The van der Waals surface area contributed by atoms with E-state index in [9.17, 15) is 35.4 Å². The summed E-state index contributed by atoms with van der Waals surface area (Å²) >= 11 is 0. The Morgan fingerprint density at radius 1 is 1.00 bits per heavy atom. The lowest BCUT2D eigenvalue weighted by atomic mass is 9.95. The van der Waals surface area contributed by atoms with Crippen LogP contribution in [0.3, 0.4) is 0 Å². The molecule has 0 amide bonds. The van der Waals surface area contributed by atoms with Crippen LogP contribution in [0.2, 0.25) is 0 Å². The number of Topliss-reactive ketones (excluding diaryl/α,β-unsaturated/α-hetero) is 1. The summed E-state index contributed by atoms with van der Waals surface area (Å²) < 4.78 is 16.7. The van der Waals surface area contributed by atoms with Gasteiger partial charge in [-0.1, -0.05) is 12.1 Å². The molecular weight excluding hydrogens is 412 g/mol. The first kappa shape index (κ1) is 21.3. The molecule has 2 aromatic rings. The molecule has 10 nitrogen and oxygen atoms in total. The number of fused-ring (bicyclic) bond motifs is 1. The van der Waals surface area contributed by atoms with E-state index in [-0.39, 0.29) is 35.0 Å². The van der Waals surface area contributed by atoms with Gasteiger partial charge in [0.15, 0.2) is 5.78 Å². The Bertz CT molecular complexity index is 957. The minimum Gasteiger partial charge on any atom is -0.508 e. The number of benzene rings is 2. The predicted molar refractivity (Wildman–Crippen MR) is 103 cm³/mol. The van der Waals surface area contributed by atoms with Crippen LogP contribution in [0.4, 0.5) is 0 Å². The van der Waals surface area contributed by atoms with Crippen LogP contribution in [-0.2, 0) is 4.74 Å². The van der Waals surface area contributed by atoms with E-state index in [1.807, 2.05) is 0 Å². The number of rotatable bonds is 4. The number of phenolic OH excluding ortho intramolecular Hbond substituents is 2. The number of ketones is 1. The topological polar surface area (TPSA) is 166 Å². The van der Waals surface area contributed by atoms with E-state index >= 15 is 0 Å². The zero-order chi connectivity index (χ0) is 22.3. The van der Waals surface area contributed by atoms with E-state index < -0.39 is 49.2 Å². The normalized spacial score (nSPS) is 30.4. The van der Waals surface area contributed by atoms with E-state index in [1.165, 1.54) is 18.2 Å². The summed E-state index contributed by atoms with van der Waals surface area (Å²) in [5.41, 5.74) is 0.632. The van der Waals surface area contributed by atoms with Gasteiger partial charge in [-0.05, 0) is 17.7 Å². The largest absolute Gasteiger partial charge is 0.508 e. The molecule has 166 valence electrons. The molecule has 1 fully saturated rings. The Kier molecular flexibility index (Phi) is 5.73. The number of aliphatic hydroxyl groups is 4. The third-order valence-corrected chi connectivity index (χ3v) is 5.34. The van der Waals surface area contributed by atoms with Crippen LogP contribution < -0.4 is 9.47 Å². The van der Waals surface area contributed by atoms with Crippen molar-refractivity contribution in [2.45, 2.75) is 43.2 Å². The first-order valence-corrected chi connectivity index (χ1v) is 9.61. The fourth-order valence-corrected chi connectivity index (χ4v) is 3.66. The smallest absolute Gasteiger partial charge is 0.229 e. The summed E-state index contributed by atoms with van der Waals surface area (Å²) in [6.07, 6.45) is -8.09. The average Bonchev–Trinajstić information content (AvgIpc) is 2.74. The van der Waals surface area contributed by atoms with Gasteiger partial charge in [0.25, 0.3) is 0 Å². The van der Waals surface area contributed by atoms with E-state index in [1.54, 1.807) is 12.1 Å². The first-order chi connectivity index (χ1) is 14.8. The van der Waals surface area contributed by atoms with Crippen molar-refractivity contribution in [3.05, 3.63) is 47.5 Å². The highest BCUT2D eigenvalue weighted by Crippen LogP contribution is 2.42. The van der Waals surface area contributed by atoms with Crippen LogP contribution in [0.15, 0.2) is 36.4 Å². The second-order valence-corrected chi connectivity index (χ2v) is 7.46. The van der Waals surface area contributed by atoms with Gasteiger partial charge in [-0.25, -0.2) is 0 Å². The van der Waals surface area contributed by atoms with Crippen molar-refractivity contribution in [3.8, 4) is 23.0 Å². The molecule has 0 saturated carbocycles. The summed E-state index contributed by atoms with van der Waals surface area (Å²) in [6.45, 7) is -0.619. The zero-order valence-electron chi connectivity index (χ0n) is 16.2. The zero-order valence-corrected chi connectivity index (χ0v) is 16.2. The number of phenols is 2. The predicted octanol–water partition coefficient (Wildman–Crippen LogP) is -0.0170. The van der Waals surface area contributed by atoms with Gasteiger partial charge in [0.1, 0.15) is 59.1 Å². The monoisotopic (exact) mass is 434 g/mol. The Morgan fingerprint density at radius 3 is 2.39 bits per heavy atom. The molecule has 6 atom stereocenters. The lowest BCUT2D eigenvalue weighted by Gasteiger charge is -2.39.